The van der Waals surface area contributed by atoms with Crippen LogP contribution in [0.25, 0.3) is 11.3 Å². The number of benzene rings is 1. The van der Waals surface area contributed by atoms with Gasteiger partial charge in [0.2, 0.25) is 5.78 Å². The number of allylic oxidation sites excluding steroid dienone is 1. The van der Waals surface area contributed by atoms with Gasteiger partial charge in [0, 0.05) is 17.1 Å². The first-order valence-electron chi connectivity index (χ1n) is 13.8. The Morgan fingerprint density at radius 2 is 1.83 bits per heavy atom. The van der Waals surface area contributed by atoms with E-state index in [9.17, 15) is 34.8 Å². The molecule has 1 amide bonds. The molecule has 4 aliphatic rings. The number of carbonyl (C=O) groups excluding carboxylic acids is 3. The highest BCUT2D eigenvalue weighted by Crippen LogP contribution is 2.53. The highest BCUT2D eigenvalue weighted by atomic mass is 16.4. The van der Waals surface area contributed by atoms with Crippen molar-refractivity contribution in [2.24, 2.45) is 17.6 Å². The van der Waals surface area contributed by atoms with E-state index in [-0.39, 0.29) is 29.7 Å². The number of fused-ring (bicyclic) bond motifs is 3. The smallest absolute Gasteiger partial charge is 0.255 e. The van der Waals surface area contributed by atoms with Crippen LogP contribution in [0.2, 0.25) is 0 Å². The summed E-state index contributed by atoms with van der Waals surface area (Å²) in [7, 11) is 3.19. The Balaban J connectivity index is 1.45. The van der Waals surface area contributed by atoms with Gasteiger partial charge >= 0.3 is 0 Å². The molecule has 2 heterocycles. The van der Waals surface area contributed by atoms with Crippen LogP contribution in [0.4, 0.5) is 0 Å². The maximum absolute atomic E-state index is 13.9. The van der Waals surface area contributed by atoms with Crippen molar-refractivity contribution in [3.8, 4) is 17.1 Å². The molecule has 0 spiro atoms. The van der Waals surface area contributed by atoms with Gasteiger partial charge < -0.3 is 30.6 Å². The lowest BCUT2D eigenvalue weighted by Gasteiger charge is -2.50. The quantitative estimate of drug-likeness (QED) is 0.338. The molecule has 0 unspecified atom stereocenters. The van der Waals surface area contributed by atoms with Crippen LogP contribution in [0.1, 0.15) is 40.9 Å². The minimum absolute atomic E-state index is 0.0270. The fourth-order valence-electron chi connectivity index (χ4n) is 7.25. The number of furan rings is 1. The Hall–Kier alpha value is -3.93. The number of likely N-dealkylation sites (N-methyl/N-ethyl adjacent to an activating group) is 1. The highest BCUT2D eigenvalue weighted by Gasteiger charge is 2.63. The summed E-state index contributed by atoms with van der Waals surface area (Å²) in [6.07, 6.45) is 2.53. The van der Waals surface area contributed by atoms with Crippen LogP contribution in [0.15, 0.2) is 51.3 Å². The van der Waals surface area contributed by atoms with E-state index in [1.54, 1.807) is 20.2 Å². The Morgan fingerprint density at radius 3 is 2.49 bits per heavy atom. The van der Waals surface area contributed by atoms with Crippen molar-refractivity contribution in [3.05, 3.63) is 63.8 Å². The summed E-state index contributed by atoms with van der Waals surface area (Å²) >= 11 is 0. The normalized spacial score (nSPS) is 28.2. The van der Waals surface area contributed by atoms with Crippen LogP contribution in [0.5, 0.6) is 5.75 Å². The molecule has 3 aliphatic carbocycles. The number of phenolic OH excluding ortho intramolecular Hbond substituents is 1. The maximum atomic E-state index is 13.9. The van der Waals surface area contributed by atoms with E-state index in [2.05, 4.69) is 4.90 Å². The molecule has 1 aromatic carbocycles. The van der Waals surface area contributed by atoms with Gasteiger partial charge in [-0.15, -0.1) is 0 Å². The van der Waals surface area contributed by atoms with Crippen LogP contribution < -0.4 is 5.73 Å². The number of primary amides is 1. The molecule has 1 saturated heterocycles. The molecule has 216 valence electrons. The van der Waals surface area contributed by atoms with Gasteiger partial charge in [-0.1, -0.05) is 0 Å². The average Bonchev–Trinajstić information content (AvgIpc) is 3.59. The number of hydrogen-bond donors (Lipinski definition) is 5. The molecule has 0 saturated carbocycles. The number of Topliss-reactive ketones (excluding diaryl/α,β-unsaturated/α-hetero) is 2. The third-order valence-corrected chi connectivity index (χ3v) is 9.11. The topological polar surface area (TPSA) is 178 Å². The minimum Gasteiger partial charge on any atom is -0.510 e. The summed E-state index contributed by atoms with van der Waals surface area (Å²) in [5, 5.41) is 44.9. The molecule has 6 rings (SSSR count). The molecule has 11 heteroatoms. The molecule has 4 atom stereocenters. The van der Waals surface area contributed by atoms with Gasteiger partial charge in [-0.25, -0.2) is 0 Å². The van der Waals surface area contributed by atoms with Crippen molar-refractivity contribution in [2.45, 2.75) is 43.9 Å². The Labute approximate surface area is 236 Å². The first kappa shape index (κ1) is 27.3. The first-order chi connectivity index (χ1) is 19.4. The summed E-state index contributed by atoms with van der Waals surface area (Å²) in [4.78, 5) is 43.3. The zero-order valence-electron chi connectivity index (χ0n) is 22.9. The number of nitrogens with two attached hydrogens (primary N) is 1. The number of aromatic hydroxyl groups is 1. The van der Waals surface area contributed by atoms with Gasteiger partial charge in [0.1, 0.15) is 34.4 Å². The number of hydrogen-bond acceptors (Lipinski definition) is 10. The van der Waals surface area contributed by atoms with E-state index in [4.69, 9.17) is 10.2 Å². The molecule has 1 fully saturated rings. The second-order valence-electron chi connectivity index (χ2n) is 11.7. The first-order valence-corrected chi connectivity index (χ1v) is 13.8. The van der Waals surface area contributed by atoms with Crippen molar-refractivity contribution in [1.29, 1.82) is 0 Å². The van der Waals surface area contributed by atoms with Crippen molar-refractivity contribution in [3.63, 3.8) is 0 Å². The lowest BCUT2D eigenvalue weighted by atomic mass is 9.58. The van der Waals surface area contributed by atoms with Gasteiger partial charge in [-0.2, -0.15) is 0 Å². The number of ketones is 2. The zero-order valence-corrected chi connectivity index (χ0v) is 22.9. The zero-order chi connectivity index (χ0) is 29.4. The van der Waals surface area contributed by atoms with Crippen molar-refractivity contribution in [2.75, 3.05) is 27.2 Å². The molecule has 0 radical (unpaired) electrons. The van der Waals surface area contributed by atoms with E-state index in [0.717, 1.165) is 31.7 Å². The second-order valence-corrected chi connectivity index (χ2v) is 11.7. The average molecular weight is 564 g/mol. The third kappa shape index (κ3) is 3.94. The molecule has 6 N–H and O–H groups in total. The van der Waals surface area contributed by atoms with Gasteiger partial charge in [-0.3, -0.25) is 24.2 Å². The van der Waals surface area contributed by atoms with Crippen LogP contribution >= 0.6 is 0 Å². The highest BCUT2D eigenvalue weighted by molar-refractivity contribution is 6.24. The van der Waals surface area contributed by atoms with E-state index >= 15 is 0 Å². The predicted octanol–water partition coefficient (Wildman–Crippen LogP) is 1.98. The van der Waals surface area contributed by atoms with E-state index in [1.807, 2.05) is 12.1 Å². The third-order valence-electron chi connectivity index (χ3n) is 9.11. The van der Waals surface area contributed by atoms with E-state index in [0.29, 0.717) is 23.4 Å². The van der Waals surface area contributed by atoms with Crippen molar-refractivity contribution < 1.29 is 39.2 Å². The molecular formula is C30H33N3O8. The predicted molar refractivity (Wildman–Crippen MR) is 146 cm³/mol. The summed E-state index contributed by atoms with van der Waals surface area (Å²) in [5.41, 5.74) is 2.82. The number of rotatable bonds is 5. The van der Waals surface area contributed by atoms with Gasteiger partial charge in [0.15, 0.2) is 11.4 Å². The summed E-state index contributed by atoms with van der Waals surface area (Å²) in [5.74, 6) is -5.42. The number of nitrogens with zero attached hydrogens (tertiary/aromatic N) is 2. The molecule has 0 bridgehead atoms. The lowest BCUT2D eigenvalue weighted by Crippen LogP contribution is -2.63. The lowest BCUT2D eigenvalue weighted by molar-refractivity contribution is -0.148. The standard InChI is InChI=1S/C30H33N3O8/c1-32(2)24-18-12-14-11-17-16(20-8-5-15(41-20)13-33-9-3-4-10-33)6-7-19(34)22(17)25(35)21(14)27(37)30(18,40)28(38)23(26(24)36)29(31)39/h5-8,14,18,24,34,36-37,40H,3-4,9-13H2,1-2H3,(H2,31,39)/t14-,18-,24-,30-/m0/s1. The number of aliphatic hydroxyl groups excluding tert-OH is 2. The molecule has 1 aromatic heterocycles. The van der Waals surface area contributed by atoms with Crippen molar-refractivity contribution in [1.82, 2.24) is 9.80 Å². The van der Waals surface area contributed by atoms with Crippen LogP contribution in [0.3, 0.4) is 0 Å². The maximum Gasteiger partial charge on any atom is 0.255 e. The minimum atomic E-state index is -2.66. The van der Waals surface area contributed by atoms with Crippen LogP contribution in [-0.2, 0) is 22.6 Å². The molecular weight excluding hydrogens is 530 g/mol. The number of carbonyl (C=O) groups is 3. The van der Waals surface area contributed by atoms with Crippen molar-refractivity contribution >= 4 is 17.5 Å². The molecule has 1 aliphatic heterocycles. The monoisotopic (exact) mass is 563 g/mol. The number of likely N-dealkylation sites (tertiary alicyclic amines) is 1. The Bertz CT molecular complexity index is 1550. The van der Waals surface area contributed by atoms with Gasteiger partial charge in [-0.05, 0) is 88.6 Å². The fraction of sp³-hybridized carbons (Fsp3) is 0.433. The number of amides is 1. The van der Waals surface area contributed by atoms with Gasteiger partial charge in [0.05, 0.1) is 18.2 Å². The summed E-state index contributed by atoms with van der Waals surface area (Å²) in [6, 6.07) is 5.76. The Kier molecular flexibility index (Phi) is 6.36. The molecule has 41 heavy (non-hydrogen) atoms. The summed E-state index contributed by atoms with van der Waals surface area (Å²) in [6.45, 7) is 2.69. The molecule has 11 nitrogen and oxygen atoms in total. The number of aliphatic hydroxyl groups is 3. The van der Waals surface area contributed by atoms with E-state index < -0.39 is 58.0 Å². The molecule has 2 aromatic rings. The van der Waals surface area contributed by atoms with Gasteiger partial charge in [0.25, 0.3) is 5.91 Å². The summed E-state index contributed by atoms with van der Waals surface area (Å²) < 4.78 is 6.17. The fourth-order valence-corrected chi connectivity index (χ4v) is 7.25. The SMILES string of the molecule is CN(C)[C@@H]1C(O)=C(C(N)=O)C(=O)[C@@]2(O)C(O)=C3C(=O)c4c(O)ccc(-c5ccc(CN6CCCC6)o5)c4C[C@H]3C[C@@H]12. The largest absolute Gasteiger partial charge is 0.510 e. The van der Waals surface area contributed by atoms with Crippen LogP contribution in [-0.4, -0.2) is 86.5 Å². The second kappa shape index (κ2) is 9.57. The van der Waals surface area contributed by atoms with Crippen LogP contribution in [0, 0.1) is 11.8 Å². The number of phenols is 1. The van der Waals surface area contributed by atoms with E-state index in [1.165, 1.54) is 11.0 Å². The Morgan fingerprint density at radius 1 is 1.12 bits per heavy atom.